The zero-order valence-electron chi connectivity index (χ0n) is 19.9. The number of aryl methyl sites for hydroxylation is 1. The monoisotopic (exact) mass is 586 g/mol. The van der Waals surface area contributed by atoms with E-state index in [1.54, 1.807) is 5.32 Å². The molecule has 2 N–H and O–H groups in total. The van der Waals surface area contributed by atoms with Crippen LogP contribution >= 0.6 is 11.6 Å². The second-order valence-electron chi connectivity index (χ2n) is 9.02. The lowest BCUT2D eigenvalue weighted by Gasteiger charge is -2.20. The van der Waals surface area contributed by atoms with Gasteiger partial charge in [0, 0.05) is 5.02 Å². The summed E-state index contributed by atoms with van der Waals surface area (Å²) in [6, 6.07) is 5.78. The Morgan fingerprint density at radius 2 is 1.64 bits per heavy atom. The fourth-order valence-corrected chi connectivity index (χ4v) is 3.86. The maximum atomic E-state index is 13.8. The van der Waals surface area contributed by atoms with Gasteiger partial charge in [-0.05, 0) is 54.7 Å². The Morgan fingerprint density at radius 3 is 2.15 bits per heavy atom. The number of carbonyl (C=O) groups excluding carboxylic acids is 2. The van der Waals surface area contributed by atoms with Crippen LogP contribution in [0.4, 0.5) is 39.5 Å². The number of hydrogen-bond acceptors (Lipinski definition) is 2. The van der Waals surface area contributed by atoms with Gasteiger partial charge in [0.05, 0.1) is 17.0 Å². The van der Waals surface area contributed by atoms with Gasteiger partial charge in [0.25, 0.3) is 5.91 Å². The summed E-state index contributed by atoms with van der Waals surface area (Å²) in [5.41, 5.74) is -4.36. The van der Waals surface area contributed by atoms with Crippen LogP contribution in [-0.4, -0.2) is 36.3 Å². The van der Waals surface area contributed by atoms with E-state index in [0.29, 0.717) is 17.7 Å². The highest BCUT2D eigenvalue weighted by Crippen LogP contribution is 2.40. The average Bonchev–Trinajstić information content (AvgIpc) is 3.58. The molecule has 0 spiro atoms. The third-order valence-electron chi connectivity index (χ3n) is 5.96. The predicted molar refractivity (Wildman–Crippen MR) is 124 cm³/mol. The quantitative estimate of drug-likeness (QED) is 0.345. The number of carbonyl (C=O) groups is 2. The van der Waals surface area contributed by atoms with E-state index in [0.717, 1.165) is 24.3 Å². The number of rotatable bonds is 7. The fourth-order valence-electron chi connectivity index (χ4n) is 3.74. The van der Waals surface area contributed by atoms with Gasteiger partial charge in [0.2, 0.25) is 5.91 Å². The van der Waals surface area contributed by atoms with E-state index in [2.05, 4.69) is 5.32 Å². The lowest BCUT2D eigenvalue weighted by molar-refractivity contribution is -0.140. The van der Waals surface area contributed by atoms with E-state index in [4.69, 9.17) is 11.6 Å². The predicted octanol–water partition coefficient (Wildman–Crippen LogP) is 6.97. The Labute approximate surface area is 221 Å². The molecule has 0 aromatic heterocycles. The van der Waals surface area contributed by atoms with E-state index < -0.39 is 59.5 Å². The van der Waals surface area contributed by atoms with Gasteiger partial charge in [-0.25, -0.2) is 0 Å². The Balaban J connectivity index is 1.88. The summed E-state index contributed by atoms with van der Waals surface area (Å²) in [6.45, 7) is -0.194. The number of alkyl halides is 9. The summed E-state index contributed by atoms with van der Waals surface area (Å²) in [5.74, 6) is -4.74. The summed E-state index contributed by atoms with van der Waals surface area (Å²) in [6.07, 6.45) is -13.3. The molecule has 0 bridgehead atoms. The van der Waals surface area contributed by atoms with Gasteiger partial charge < -0.3 is 10.6 Å². The molecule has 0 aliphatic heterocycles. The Bertz CT molecular complexity index is 1280. The van der Waals surface area contributed by atoms with Crippen LogP contribution in [0.15, 0.2) is 42.5 Å². The van der Waals surface area contributed by atoms with Gasteiger partial charge >= 0.3 is 18.5 Å². The lowest BCUT2D eigenvalue weighted by Crippen LogP contribution is -2.51. The minimum atomic E-state index is -5.12. The largest absolute Gasteiger partial charge is 0.417 e. The SMILES string of the molecule is Cc1cc(C(C=Cc2ccc(C(=O)NC3(C(=O)NCC(F)(F)F)CC3)c(C(F)(F)F)c2)C(F)(F)F)ccc1Cl. The number of nitrogens with one attached hydrogen (secondary N) is 2. The van der Waals surface area contributed by atoms with Gasteiger partial charge in [0.15, 0.2) is 0 Å². The maximum Gasteiger partial charge on any atom is 0.417 e. The summed E-state index contributed by atoms with van der Waals surface area (Å²) in [7, 11) is 0. The van der Waals surface area contributed by atoms with Crippen LogP contribution < -0.4 is 10.6 Å². The van der Waals surface area contributed by atoms with Crippen molar-refractivity contribution >= 4 is 29.5 Å². The number of amides is 2. The molecule has 212 valence electrons. The van der Waals surface area contributed by atoms with Crippen molar-refractivity contribution in [3.63, 3.8) is 0 Å². The minimum absolute atomic E-state index is 0.0897. The van der Waals surface area contributed by atoms with Crippen molar-refractivity contribution in [3.8, 4) is 0 Å². The fraction of sp³-hybridized carbons (Fsp3) is 0.360. The summed E-state index contributed by atoms with van der Waals surface area (Å²) in [4.78, 5) is 24.7. The maximum absolute atomic E-state index is 13.8. The van der Waals surface area contributed by atoms with E-state index in [1.165, 1.54) is 19.1 Å². The van der Waals surface area contributed by atoms with Crippen LogP contribution in [0.2, 0.25) is 5.02 Å². The highest BCUT2D eigenvalue weighted by molar-refractivity contribution is 6.31. The second-order valence-corrected chi connectivity index (χ2v) is 9.43. The zero-order valence-corrected chi connectivity index (χ0v) is 20.7. The van der Waals surface area contributed by atoms with E-state index in [1.807, 2.05) is 0 Å². The molecule has 3 rings (SSSR count). The number of hydrogen-bond donors (Lipinski definition) is 2. The molecule has 2 aromatic carbocycles. The van der Waals surface area contributed by atoms with Crippen molar-refractivity contribution in [1.82, 2.24) is 10.6 Å². The van der Waals surface area contributed by atoms with Crippen LogP contribution in [0.1, 0.15) is 51.4 Å². The van der Waals surface area contributed by atoms with Crippen molar-refractivity contribution in [2.24, 2.45) is 0 Å². The first-order chi connectivity index (χ1) is 17.8. The molecule has 1 aliphatic carbocycles. The highest BCUT2D eigenvalue weighted by atomic mass is 35.5. The third-order valence-corrected chi connectivity index (χ3v) is 6.38. The summed E-state index contributed by atoms with van der Waals surface area (Å²) >= 11 is 5.86. The van der Waals surface area contributed by atoms with Crippen LogP contribution in [0.3, 0.4) is 0 Å². The first kappa shape index (κ1) is 30.3. The molecule has 39 heavy (non-hydrogen) atoms. The molecule has 14 heteroatoms. The third kappa shape index (κ3) is 7.68. The number of allylic oxidation sites excluding steroid dienone is 1. The molecule has 1 aliphatic rings. The smallest absolute Gasteiger partial charge is 0.345 e. The Kier molecular flexibility index (Phi) is 8.35. The minimum Gasteiger partial charge on any atom is -0.345 e. The Morgan fingerprint density at radius 1 is 1.00 bits per heavy atom. The molecule has 1 fully saturated rings. The van der Waals surface area contributed by atoms with Crippen molar-refractivity contribution in [2.45, 2.75) is 49.8 Å². The van der Waals surface area contributed by atoms with Crippen molar-refractivity contribution in [2.75, 3.05) is 6.54 Å². The molecule has 4 nitrogen and oxygen atoms in total. The van der Waals surface area contributed by atoms with Crippen molar-refractivity contribution in [3.05, 3.63) is 75.3 Å². The highest BCUT2D eigenvalue weighted by Gasteiger charge is 2.52. The van der Waals surface area contributed by atoms with Gasteiger partial charge in [-0.15, -0.1) is 0 Å². The van der Waals surface area contributed by atoms with Gasteiger partial charge in [-0.1, -0.05) is 42.0 Å². The number of benzene rings is 2. The average molecular weight is 587 g/mol. The van der Waals surface area contributed by atoms with Crippen LogP contribution in [-0.2, 0) is 11.0 Å². The van der Waals surface area contributed by atoms with Gasteiger partial charge in [-0.3, -0.25) is 9.59 Å². The lowest BCUT2D eigenvalue weighted by atomic mass is 9.95. The molecule has 0 saturated heterocycles. The molecule has 2 amide bonds. The van der Waals surface area contributed by atoms with Crippen LogP contribution in [0.5, 0.6) is 0 Å². The van der Waals surface area contributed by atoms with Gasteiger partial charge in [-0.2, -0.15) is 39.5 Å². The topological polar surface area (TPSA) is 58.2 Å². The second kappa shape index (κ2) is 10.7. The van der Waals surface area contributed by atoms with E-state index in [9.17, 15) is 49.1 Å². The van der Waals surface area contributed by atoms with Crippen LogP contribution in [0, 0.1) is 6.92 Å². The van der Waals surface area contributed by atoms with Crippen molar-refractivity contribution in [1.29, 1.82) is 0 Å². The molecule has 2 aromatic rings. The summed E-state index contributed by atoms with van der Waals surface area (Å²) < 4.78 is 120. The van der Waals surface area contributed by atoms with E-state index in [-0.39, 0.29) is 29.0 Å². The zero-order chi connectivity index (χ0) is 29.4. The molecule has 1 atom stereocenters. The summed E-state index contributed by atoms with van der Waals surface area (Å²) in [5, 5.41) is 3.88. The molecule has 1 saturated carbocycles. The Hall–Kier alpha value is -3.22. The first-order valence-electron chi connectivity index (χ1n) is 11.2. The molecular formula is C25H20ClF9N2O2. The van der Waals surface area contributed by atoms with Crippen molar-refractivity contribution < 1.29 is 49.1 Å². The van der Waals surface area contributed by atoms with Gasteiger partial charge in [0.1, 0.15) is 12.1 Å². The molecule has 0 heterocycles. The first-order valence-corrected chi connectivity index (χ1v) is 11.6. The molecule has 0 radical (unpaired) electrons. The molecule has 1 unspecified atom stereocenters. The van der Waals surface area contributed by atoms with Crippen LogP contribution in [0.25, 0.3) is 6.08 Å². The van der Waals surface area contributed by atoms with E-state index >= 15 is 0 Å². The molecular weight excluding hydrogens is 567 g/mol. The number of halogens is 10. The normalized spacial score (nSPS) is 16.2. The standard InChI is InChI=1S/C25H20ClF9N2O2/c1-13-10-15(4-7-19(13)26)17(24(30,31)32)6-3-14-2-5-16(18(11-14)25(33,34)35)20(38)37-22(8-9-22)21(39)36-12-23(27,28)29/h2-7,10-11,17H,8-9,12H2,1H3,(H,36,39)(H,37,38).